The highest BCUT2D eigenvalue weighted by Crippen LogP contribution is 2.47. The maximum Gasteiger partial charge on any atom is 0.224 e. The van der Waals surface area contributed by atoms with Gasteiger partial charge in [0.1, 0.15) is 0 Å². The molecule has 1 heterocycles. The summed E-state index contributed by atoms with van der Waals surface area (Å²) in [5, 5.41) is 6.65. The molecule has 1 aliphatic heterocycles. The molecule has 3 rings (SSSR count). The van der Waals surface area contributed by atoms with Crippen LogP contribution in [0.3, 0.4) is 0 Å². The van der Waals surface area contributed by atoms with Gasteiger partial charge < -0.3 is 10.6 Å². The third kappa shape index (κ3) is 2.73. The van der Waals surface area contributed by atoms with E-state index in [0.29, 0.717) is 12.5 Å². The maximum absolute atomic E-state index is 11.6. The molecule has 1 aliphatic carbocycles. The topological polar surface area (TPSA) is 41.1 Å². The summed E-state index contributed by atoms with van der Waals surface area (Å²) in [4.78, 5) is 11.6. The second kappa shape index (κ2) is 5.57. The predicted molar refractivity (Wildman–Crippen MR) is 81.7 cm³/mol. The minimum Gasteiger partial charge on any atom is -0.326 e. The normalized spacial score (nSPS) is 26.4. The lowest BCUT2D eigenvalue weighted by Crippen LogP contribution is -2.23. The van der Waals surface area contributed by atoms with Gasteiger partial charge >= 0.3 is 0 Å². The van der Waals surface area contributed by atoms with Gasteiger partial charge in [-0.1, -0.05) is 26.0 Å². The summed E-state index contributed by atoms with van der Waals surface area (Å²) < 4.78 is 0. The van der Waals surface area contributed by atoms with Gasteiger partial charge in [0.15, 0.2) is 0 Å². The van der Waals surface area contributed by atoms with E-state index >= 15 is 0 Å². The van der Waals surface area contributed by atoms with Crippen LogP contribution < -0.4 is 10.6 Å². The molecule has 1 aromatic rings. The number of anilines is 1. The van der Waals surface area contributed by atoms with Crippen molar-refractivity contribution >= 4 is 11.6 Å². The van der Waals surface area contributed by atoms with Gasteiger partial charge in [0.25, 0.3) is 0 Å². The molecule has 1 aromatic carbocycles. The lowest BCUT2D eigenvalue weighted by molar-refractivity contribution is -0.116. The van der Waals surface area contributed by atoms with Crippen LogP contribution in [0.2, 0.25) is 0 Å². The highest BCUT2D eigenvalue weighted by atomic mass is 16.1. The van der Waals surface area contributed by atoms with Crippen molar-refractivity contribution in [3.05, 3.63) is 29.3 Å². The molecule has 3 atom stereocenters. The first-order chi connectivity index (χ1) is 9.69. The number of nitrogens with one attached hydrogen (secondary N) is 2. The van der Waals surface area contributed by atoms with Crippen LogP contribution in [-0.2, 0) is 11.2 Å². The smallest absolute Gasteiger partial charge is 0.224 e. The second-order valence-corrected chi connectivity index (χ2v) is 6.23. The molecule has 20 heavy (non-hydrogen) atoms. The second-order valence-electron chi connectivity index (χ2n) is 6.23. The third-order valence-electron chi connectivity index (χ3n) is 4.64. The zero-order valence-corrected chi connectivity index (χ0v) is 12.4. The summed E-state index contributed by atoms with van der Waals surface area (Å²) in [5.74, 6) is 1.75. The number of hydrogen-bond donors (Lipinski definition) is 2. The van der Waals surface area contributed by atoms with E-state index in [4.69, 9.17) is 0 Å². The average Bonchev–Trinajstić information content (AvgIpc) is 3.17. The van der Waals surface area contributed by atoms with Crippen LogP contribution in [0.1, 0.15) is 50.3 Å². The van der Waals surface area contributed by atoms with Gasteiger partial charge in [-0.15, -0.1) is 0 Å². The Morgan fingerprint density at radius 3 is 2.90 bits per heavy atom. The summed E-state index contributed by atoms with van der Waals surface area (Å²) >= 11 is 0. The van der Waals surface area contributed by atoms with Crippen molar-refractivity contribution in [2.45, 2.75) is 45.6 Å². The highest BCUT2D eigenvalue weighted by molar-refractivity contribution is 5.92. The zero-order valence-electron chi connectivity index (χ0n) is 12.4. The molecular formula is C17H24N2O. The van der Waals surface area contributed by atoms with Gasteiger partial charge in [-0.25, -0.2) is 0 Å². The molecule has 3 nitrogen and oxygen atoms in total. The van der Waals surface area contributed by atoms with Crippen molar-refractivity contribution in [1.82, 2.24) is 5.32 Å². The Balaban J connectivity index is 1.86. The van der Waals surface area contributed by atoms with Crippen LogP contribution in [0.4, 0.5) is 5.69 Å². The van der Waals surface area contributed by atoms with E-state index in [1.807, 2.05) is 0 Å². The minimum atomic E-state index is 0.149. The number of carbonyl (C=O) groups excluding carboxylic acids is 1. The van der Waals surface area contributed by atoms with Crippen LogP contribution in [-0.4, -0.2) is 12.5 Å². The summed E-state index contributed by atoms with van der Waals surface area (Å²) in [7, 11) is 0. The van der Waals surface area contributed by atoms with Gasteiger partial charge in [-0.3, -0.25) is 4.79 Å². The standard InChI is InChI=1S/C17H24N2O/c1-3-18-17(14-9-11(14)2)13-7-8-15-12(10-13)5-4-6-16(20)19-15/h7-8,10-11,14,17-18H,3-6,9H2,1-2H3,(H,19,20). The Labute approximate surface area is 121 Å². The Morgan fingerprint density at radius 2 is 2.20 bits per heavy atom. The predicted octanol–water partition coefficient (Wildman–Crippen LogP) is 3.27. The molecule has 2 aliphatic rings. The van der Waals surface area contributed by atoms with E-state index in [1.165, 1.54) is 17.5 Å². The Hall–Kier alpha value is -1.35. The fraction of sp³-hybridized carbons (Fsp3) is 0.588. The van der Waals surface area contributed by atoms with Crippen LogP contribution >= 0.6 is 0 Å². The molecule has 2 N–H and O–H groups in total. The fourth-order valence-corrected chi connectivity index (χ4v) is 3.34. The average molecular weight is 272 g/mol. The first-order valence-corrected chi connectivity index (χ1v) is 7.85. The van der Waals surface area contributed by atoms with Crippen molar-refractivity contribution in [2.24, 2.45) is 11.8 Å². The molecule has 1 saturated carbocycles. The van der Waals surface area contributed by atoms with E-state index in [0.717, 1.165) is 36.9 Å². The van der Waals surface area contributed by atoms with Gasteiger partial charge in [-0.05, 0) is 54.8 Å². The van der Waals surface area contributed by atoms with Crippen molar-refractivity contribution < 1.29 is 4.79 Å². The number of aryl methyl sites for hydroxylation is 1. The lowest BCUT2D eigenvalue weighted by Gasteiger charge is -2.20. The van der Waals surface area contributed by atoms with Crippen molar-refractivity contribution in [2.75, 3.05) is 11.9 Å². The molecular weight excluding hydrogens is 248 g/mol. The molecule has 3 unspecified atom stereocenters. The molecule has 1 fully saturated rings. The number of carbonyl (C=O) groups is 1. The van der Waals surface area contributed by atoms with Crippen LogP contribution in [0, 0.1) is 11.8 Å². The van der Waals surface area contributed by atoms with Crippen LogP contribution in [0.5, 0.6) is 0 Å². The van der Waals surface area contributed by atoms with Gasteiger partial charge in [0, 0.05) is 18.2 Å². The van der Waals surface area contributed by atoms with E-state index in [2.05, 4.69) is 42.7 Å². The van der Waals surface area contributed by atoms with Crippen molar-refractivity contribution in [1.29, 1.82) is 0 Å². The largest absolute Gasteiger partial charge is 0.326 e. The molecule has 3 heteroatoms. The van der Waals surface area contributed by atoms with Gasteiger partial charge in [0.05, 0.1) is 0 Å². The molecule has 0 saturated heterocycles. The van der Waals surface area contributed by atoms with Crippen LogP contribution in [0.15, 0.2) is 18.2 Å². The third-order valence-corrected chi connectivity index (χ3v) is 4.64. The Morgan fingerprint density at radius 1 is 1.40 bits per heavy atom. The first-order valence-electron chi connectivity index (χ1n) is 7.85. The summed E-state index contributed by atoms with van der Waals surface area (Å²) in [6.45, 7) is 5.50. The molecule has 1 amide bonds. The Kier molecular flexibility index (Phi) is 3.79. The SMILES string of the molecule is CCNC(c1ccc2c(c1)CCCC(=O)N2)C1CC1C. The number of amides is 1. The van der Waals surface area contributed by atoms with Crippen molar-refractivity contribution in [3.8, 4) is 0 Å². The number of benzene rings is 1. The summed E-state index contributed by atoms with van der Waals surface area (Å²) in [6, 6.07) is 7.05. The van der Waals surface area contributed by atoms with Crippen molar-refractivity contribution in [3.63, 3.8) is 0 Å². The monoisotopic (exact) mass is 272 g/mol. The molecule has 0 spiro atoms. The number of rotatable bonds is 4. The van der Waals surface area contributed by atoms with Crippen LogP contribution in [0.25, 0.3) is 0 Å². The van der Waals surface area contributed by atoms with Gasteiger partial charge in [0.2, 0.25) is 5.91 Å². The molecule has 0 bridgehead atoms. The van der Waals surface area contributed by atoms with E-state index in [-0.39, 0.29) is 5.91 Å². The van der Waals surface area contributed by atoms with Gasteiger partial charge in [-0.2, -0.15) is 0 Å². The number of hydrogen-bond acceptors (Lipinski definition) is 2. The summed E-state index contributed by atoms with van der Waals surface area (Å²) in [5.41, 5.74) is 3.69. The zero-order chi connectivity index (χ0) is 14.1. The maximum atomic E-state index is 11.6. The highest BCUT2D eigenvalue weighted by Gasteiger charge is 2.39. The lowest BCUT2D eigenvalue weighted by atomic mass is 9.96. The first kappa shape index (κ1) is 13.6. The fourth-order valence-electron chi connectivity index (χ4n) is 3.34. The molecule has 0 radical (unpaired) electrons. The minimum absolute atomic E-state index is 0.149. The molecule has 0 aromatic heterocycles. The Bertz CT molecular complexity index is 512. The van der Waals surface area contributed by atoms with E-state index in [9.17, 15) is 4.79 Å². The quantitative estimate of drug-likeness (QED) is 0.883. The molecule has 108 valence electrons. The van der Waals surface area contributed by atoms with E-state index < -0.39 is 0 Å². The summed E-state index contributed by atoms with van der Waals surface area (Å²) in [6.07, 6.45) is 3.92. The van der Waals surface area contributed by atoms with E-state index in [1.54, 1.807) is 0 Å². The number of fused-ring (bicyclic) bond motifs is 1.